The first-order valence-corrected chi connectivity index (χ1v) is 19.4. The molecule has 302 valence electrons. The molecule has 57 heavy (non-hydrogen) atoms. The molecule has 4 aromatic rings. The Morgan fingerprint density at radius 1 is 0.947 bits per heavy atom. The van der Waals surface area contributed by atoms with E-state index in [1.54, 1.807) is 59.8 Å². The van der Waals surface area contributed by atoms with Crippen LogP contribution in [0, 0.1) is 12.7 Å². The Bertz CT molecular complexity index is 2210. The van der Waals surface area contributed by atoms with E-state index in [0.29, 0.717) is 36.5 Å². The van der Waals surface area contributed by atoms with E-state index in [9.17, 15) is 18.8 Å². The number of carbonyl (C=O) groups is 3. The molecule has 3 N–H and O–H groups in total. The zero-order valence-electron chi connectivity index (χ0n) is 32.3. The van der Waals surface area contributed by atoms with Crippen LogP contribution in [0.1, 0.15) is 47.3 Å². The summed E-state index contributed by atoms with van der Waals surface area (Å²) in [6.07, 6.45) is 12.2. The number of anilines is 2. The number of carbonyl (C=O) groups excluding carboxylic acids is 2. The molecule has 2 fully saturated rings. The molecular weight excluding hydrogens is 773 g/mol. The molecular formula is C41H47ClFN7O6S. The molecule has 0 unspecified atom stereocenters. The lowest BCUT2D eigenvalue weighted by Gasteiger charge is -2.43. The number of hydrogen-bond donors (Lipinski definition) is 3. The summed E-state index contributed by atoms with van der Waals surface area (Å²) in [5.74, 6) is 0.819. The lowest BCUT2D eigenvalue weighted by molar-refractivity contribution is -0.136. The third-order valence-electron chi connectivity index (χ3n) is 10.9. The first kappa shape index (κ1) is 41.5. The van der Waals surface area contributed by atoms with Gasteiger partial charge in [0.05, 0.1) is 13.1 Å². The molecule has 0 atom stereocenters. The second-order valence-electron chi connectivity index (χ2n) is 15.0. The van der Waals surface area contributed by atoms with Crippen LogP contribution in [-0.4, -0.2) is 113 Å². The summed E-state index contributed by atoms with van der Waals surface area (Å²) >= 11 is 1.60. The van der Waals surface area contributed by atoms with Gasteiger partial charge < -0.3 is 39.9 Å². The van der Waals surface area contributed by atoms with Gasteiger partial charge in [-0.3, -0.25) is 9.59 Å². The molecule has 0 aliphatic carbocycles. The van der Waals surface area contributed by atoms with Crippen LogP contribution in [0.4, 0.5) is 16.0 Å². The van der Waals surface area contributed by atoms with Crippen molar-refractivity contribution in [2.45, 2.75) is 50.4 Å². The number of benzene rings is 1. The van der Waals surface area contributed by atoms with Crippen molar-refractivity contribution in [3.8, 4) is 11.5 Å². The third-order valence-corrected chi connectivity index (χ3v) is 12.1. The van der Waals surface area contributed by atoms with Gasteiger partial charge in [0.15, 0.2) is 28.7 Å². The van der Waals surface area contributed by atoms with Gasteiger partial charge in [0.25, 0.3) is 5.91 Å². The highest BCUT2D eigenvalue weighted by Crippen LogP contribution is 2.39. The number of aromatic nitrogens is 2. The maximum atomic E-state index is 13.6. The van der Waals surface area contributed by atoms with Crippen molar-refractivity contribution in [2.24, 2.45) is 0 Å². The smallest absolute Gasteiger partial charge is 0.328 e. The number of fused-ring (bicyclic) bond motifs is 3. The summed E-state index contributed by atoms with van der Waals surface area (Å²) in [5, 5.41) is 15.8. The highest BCUT2D eigenvalue weighted by molar-refractivity contribution is 7.19. The monoisotopic (exact) mass is 819 g/mol. The summed E-state index contributed by atoms with van der Waals surface area (Å²) in [5.41, 5.74) is 1.41. The Morgan fingerprint density at radius 3 is 2.23 bits per heavy atom. The number of amides is 2. The number of carboxylic acid groups (broad SMARTS) is 1. The lowest BCUT2D eigenvalue weighted by atomic mass is 9.89. The molecule has 0 saturated carbocycles. The Balaban J connectivity index is 0.000000207. The van der Waals surface area contributed by atoms with Crippen molar-refractivity contribution < 1.29 is 33.4 Å². The number of aliphatic carboxylic acids is 1. The van der Waals surface area contributed by atoms with Gasteiger partial charge in [-0.05, 0) is 85.6 Å². The fraction of sp³-hybridized carbons (Fsp3) is 0.390. The fourth-order valence-corrected chi connectivity index (χ4v) is 8.49. The van der Waals surface area contributed by atoms with Crippen molar-refractivity contribution in [2.75, 3.05) is 64.5 Å². The normalized spacial score (nSPS) is 18.4. The second kappa shape index (κ2) is 17.2. The van der Waals surface area contributed by atoms with Crippen molar-refractivity contribution in [3.63, 3.8) is 0 Å². The average Bonchev–Trinajstić information content (AvgIpc) is 3.49. The molecule has 8 rings (SSSR count). The Kier molecular flexibility index (Phi) is 12.5. The van der Waals surface area contributed by atoms with Gasteiger partial charge in [-0.25, -0.2) is 19.2 Å². The number of ether oxygens (including phenoxy) is 2. The van der Waals surface area contributed by atoms with Crippen LogP contribution in [0.5, 0.6) is 11.5 Å². The van der Waals surface area contributed by atoms with Crippen LogP contribution >= 0.6 is 23.7 Å². The largest absolute Gasteiger partial charge is 0.481 e. The average molecular weight is 820 g/mol. The van der Waals surface area contributed by atoms with Crippen molar-refractivity contribution >= 4 is 75.4 Å². The molecule has 2 amide bonds. The summed E-state index contributed by atoms with van der Waals surface area (Å²) in [7, 11) is 5.93. The minimum atomic E-state index is -1.03. The minimum absolute atomic E-state index is 0. The first-order valence-electron chi connectivity index (χ1n) is 18.6. The maximum Gasteiger partial charge on any atom is 0.328 e. The molecule has 4 aliphatic heterocycles. The van der Waals surface area contributed by atoms with Gasteiger partial charge in [-0.15, -0.1) is 23.7 Å². The first-order chi connectivity index (χ1) is 26.8. The van der Waals surface area contributed by atoms with Gasteiger partial charge in [0, 0.05) is 93.0 Å². The number of rotatable bonds is 6. The van der Waals surface area contributed by atoms with Crippen LogP contribution in [-0.2, 0) is 20.9 Å². The zero-order valence-corrected chi connectivity index (χ0v) is 34.0. The van der Waals surface area contributed by atoms with E-state index in [1.807, 2.05) is 20.0 Å². The van der Waals surface area contributed by atoms with E-state index in [-0.39, 0.29) is 35.6 Å². The Morgan fingerprint density at radius 2 is 1.56 bits per heavy atom. The number of thiophene rings is 1. The summed E-state index contributed by atoms with van der Waals surface area (Å²) in [4.78, 5) is 51.5. The molecule has 3 aromatic heterocycles. The second-order valence-corrected chi connectivity index (χ2v) is 16.2. The topological polar surface area (TPSA) is 149 Å². The maximum absolute atomic E-state index is 13.6. The number of nitrogens with zero attached hydrogens (tertiary/aromatic N) is 5. The standard InChI is InChI=1S/C26H29FN4O2S.C15H17N3O4.ClH/c1-17-20-13-19(27)5-6-22(20)34-23(17)15-31(3)24(32)7-4-18-12-21-25(28-14-18)29-16-26(33-21)8-10-30(2)11-9-26;1-18-6-4-15(5-7-18)14(21)17-13-11(22-15)8-10(9-16-13)2-3-12(19)20;/h4-7,12-14H,8-11,15-16H2,1-3H3,(H,28,29);2-3,8-9H,4-7H2,1H3,(H,19,20)(H,16,17,21);1H/b7-4+;3-2+;. The van der Waals surface area contributed by atoms with Crippen molar-refractivity contribution in [3.05, 3.63) is 82.3 Å². The van der Waals surface area contributed by atoms with E-state index >= 15 is 0 Å². The van der Waals surface area contributed by atoms with E-state index in [1.165, 1.54) is 18.3 Å². The van der Waals surface area contributed by atoms with E-state index in [0.717, 1.165) is 89.3 Å². The molecule has 2 spiro atoms. The summed E-state index contributed by atoms with van der Waals surface area (Å²) in [6, 6.07) is 8.47. The number of aryl methyl sites for hydroxylation is 1. The lowest BCUT2D eigenvalue weighted by Crippen LogP contribution is -2.56. The van der Waals surface area contributed by atoms with Crippen LogP contribution in [0.2, 0.25) is 0 Å². The Hall–Kier alpha value is -5.09. The molecule has 0 bridgehead atoms. The molecule has 1 aromatic carbocycles. The number of hydrogen-bond acceptors (Lipinski definition) is 11. The highest BCUT2D eigenvalue weighted by atomic mass is 35.5. The van der Waals surface area contributed by atoms with Gasteiger partial charge in [0.1, 0.15) is 11.4 Å². The van der Waals surface area contributed by atoms with E-state index in [4.69, 9.17) is 14.6 Å². The van der Waals surface area contributed by atoms with Crippen molar-refractivity contribution in [1.29, 1.82) is 0 Å². The number of nitrogens with one attached hydrogen (secondary N) is 2. The number of likely N-dealkylation sites (N-methyl/N-ethyl adjacent to an activating group) is 1. The predicted molar refractivity (Wildman–Crippen MR) is 222 cm³/mol. The van der Waals surface area contributed by atoms with Crippen LogP contribution in [0.25, 0.3) is 22.2 Å². The van der Waals surface area contributed by atoms with Crippen molar-refractivity contribution in [1.82, 2.24) is 24.7 Å². The van der Waals surface area contributed by atoms with Gasteiger partial charge in [-0.2, -0.15) is 0 Å². The van der Waals surface area contributed by atoms with E-state index in [2.05, 4.69) is 37.4 Å². The van der Waals surface area contributed by atoms with Gasteiger partial charge in [-0.1, -0.05) is 0 Å². The molecule has 13 nitrogen and oxygen atoms in total. The predicted octanol–water partition coefficient (Wildman–Crippen LogP) is 6.08. The highest BCUT2D eigenvalue weighted by Gasteiger charge is 2.46. The third kappa shape index (κ3) is 9.39. The number of pyridine rings is 2. The molecule has 0 radical (unpaired) electrons. The molecule has 16 heteroatoms. The summed E-state index contributed by atoms with van der Waals surface area (Å²) < 4.78 is 27.1. The number of carboxylic acids is 1. The Labute approximate surface area is 341 Å². The quantitative estimate of drug-likeness (QED) is 0.195. The van der Waals surface area contributed by atoms with Crippen LogP contribution in [0.15, 0.2) is 54.9 Å². The van der Waals surface area contributed by atoms with Crippen LogP contribution in [0.3, 0.4) is 0 Å². The summed E-state index contributed by atoms with van der Waals surface area (Å²) in [6.45, 7) is 6.82. The SMILES string of the molecule is CN1CCC2(CC1)Oc1cc(/C=C/C(=O)O)cnc1NC2=O.Cc1c(CN(C)C(=O)/C=C/c2cnc3c(c2)OC2(CCN(C)CC2)CN3)sc2ccc(F)cc12.Cl. The fourth-order valence-electron chi connectivity index (χ4n) is 7.24. The molecule has 4 aliphatic rings. The molecule has 2 saturated heterocycles. The van der Waals surface area contributed by atoms with Gasteiger partial charge in [0.2, 0.25) is 5.91 Å². The van der Waals surface area contributed by atoms with Gasteiger partial charge >= 0.3 is 5.97 Å². The number of likely N-dealkylation sites (tertiary alicyclic amines) is 2. The minimum Gasteiger partial charge on any atom is -0.481 e. The zero-order chi connectivity index (χ0) is 39.6. The number of piperidine rings is 2. The molecule has 7 heterocycles. The van der Waals surface area contributed by atoms with Crippen LogP contribution < -0.4 is 20.1 Å². The van der Waals surface area contributed by atoms with E-state index < -0.39 is 11.6 Å². The number of halogens is 2.